The molecule has 0 aliphatic carbocycles. The fourth-order valence-corrected chi connectivity index (χ4v) is 2.35. The maximum absolute atomic E-state index is 13.2. The Balaban J connectivity index is 2.05. The lowest BCUT2D eigenvalue weighted by molar-refractivity contribution is 0.122. The van der Waals surface area contributed by atoms with Gasteiger partial charge in [0, 0.05) is 19.3 Å². The lowest BCUT2D eigenvalue weighted by Crippen LogP contribution is -2.37. The fraction of sp³-hybridized carbons (Fsp3) is 0.462. The van der Waals surface area contributed by atoms with Crippen molar-refractivity contribution in [1.29, 1.82) is 0 Å². The van der Waals surface area contributed by atoms with Crippen molar-refractivity contribution in [2.75, 3.05) is 31.2 Å². The summed E-state index contributed by atoms with van der Waals surface area (Å²) in [4.78, 5) is 21.8. The average molecular weight is 343 g/mol. The van der Waals surface area contributed by atoms with Crippen LogP contribution in [0.4, 0.5) is 14.7 Å². The Labute approximate surface area is 135 Å². The van der Waals surface area contributed by atoms with Crippen LogP contribution in [0.2, 0.25) is 5.28 Å². The van der Waals surface area contributed by atoms with Crippen LogP contribution < -0.4 is 4.90 Å². The predicted molar refractivity (Wildman–Crippen MR) is 78.6 cm³/mol. The number of halogens is 3. The molecule has 0 saturated carbocycles. The zero-order chi connectivity index (χ0) is 16.4. The molecule has 0 unspecified atom stereocenters. The smallest absolute Gasteiger partial charge is 0.281 e. The minimum Gasteiger partial charge on any atom is -0.378 e. The molecule has 23 heavy (non-hydrogen) atoms. The molecule has 2 aromatic rings. The van der Waals surface area contributed by atoms with Gasteiger partial charge in [-0.25, -0.2) is 18.7 Å². The molecule has 1 aliphatic heterocycles. The Morgan fingerprint density at radius 2 is 1.91 bits per heavy atom. The topological polar surface area (TPSA) is 76.9 Å². The van der Waals surface area contributed by atoms with Crippen LogP contribution in [0.1, 0.15) is 17.9 Å². The van der Waals surface area contributed by atoms with Crippen LogP contribution in [0.25, 0.3) is 11.4 Å². The summed E-state index contributed by atoms with van der Waals surface area (Å²) in [5, 5.41) is -0.0720. The quantitative estimate of drug-likeness (QED) is 0.845. The molecule has 0 bridgehead atoms. The Morgan fingerprint density at radius 1 is 1.17 bits per heavy atom. The summed E-state index contributed by atoms with van der Waals surface area (Å²) >= 11 is 5.93. The summed E-state index contributed by atoms with van der Waals surface area (Å²) in [6, 6.07) is 0. The number of aromatic nitrogens is 5. The number of alkyl halides is 2. The Bertz CT molecular complexity index is 711. The summed E-state index contributed by atoms with van der Waals surface area (Å²) in [6.45, 7) is 3.79. The third kappa shape index (κ3) is 3.50. The molecule has 0 atom stereocenters. The van der Waals surface area contributed by atoms with E-state index in [9.17, 15) is 8.78 Å². The van der Waals surface area contributed by atoms with Crippen LogP contribution in [0.3, 0.4) is 0 Å². The van der Waals surface area contributed by atoms with Gasteiger partial charge in [-0.05, 0) is 18.5 Å². The Morgan fingerprint density at radius 3 is 2.61 bits per heavy atom. The van der Waals surface area contributed by atoms with E-state index in [2.05, 4.69) is 24.9 Å². The maximum Gasteiger partial charge on any atom is 0.281 e. The highest BCUT2D eigenvalue weighted by Gasteiger charge is 2.22. The SMILES string of the molecule is Cc1ncc(-c2nc(Cl)nc(N3CCOCC3)n2)c(C(F)F)n1. The molecule has 7 nitrogen and oxygen atoms in total. The number of morpholine rings is 1. The standard InChI is InChI=1S/C13H13ClF2N6O/c1-7-17-6-8(9(18-7)10(15)16)11-19-12(14)21-13(20-11)22-2-4-23-5-3-22/h6,10H,2-5H2,1H3. The van der Waals surface area contributed by atoms with Crippen molar-refractivity contribution in [3.8, 4) is 11.4 Å². The second kappa shape index (κ2) is 6.63. The van der Waals surface area contributed by atoms with E-state index in [1.165, 1.54) is 13.1 Å². The monoisotopic (exact) mass is 342 g/mol. The van der Waals surface area contributed by atoms with E-state index in [1.807, 2.05) is 4.90 Å². The highest BCUT2D eigenvalue weighted by molar-refractivity contribution is 6.28. The van der Waals surface area contributed by atoms with Crippen molar-refractivity contribution in [2.45, 2.75) is 13.3 Å². The lowest BCUT2D eigenvalue weighted by Gasteiger charge is -2.26. The molecule has 1 fully saturated rings. The predicted octanol–water partition coefficient (Wildman–Crippen LogP) is 2.06. The number of anilines is 1. The van der Waals surface area contributed by atoms with Crippen molar-refractivity contribution < 1.29 is 13.5 Å². The second-order valence-electron chi connectivity index (χ2n) is 4.84. The molecule has 3 heterocycles. The normalized spacial score (nSPS) is 15.3. The number of hydrogen-bond donors (Lipinski definition) is 0. The van der Waals surface area contributed by atoms with Crippen molar-refractivity contribution in [3.63, 3.8) is 0 Å². The van der Waals surface area contributed by atoms with Gasteiger partial charge in [0.05, 0.1) is 18.8 Å². The summed E-state index contributed by atoms with van der Waals surface area (Å²) < 4.78 is 31.7. The van der Waals surface area contributed by atoms with Crippen molar-refractivity contribution in [3.05, 3.63) is 23.0 Å². The highest BCUT2D eigenvalue weighted by atomic mass is 35.5. The van der Waals surface area contributed by atoms with Gasteiger partial charge in [-0.2, -0.15) is 15.0 Å². The van der Waals surface area contributed by atoms with Crippen LogP contribution in [-0.4, -0.2) is 51.2 Å². The summed E-state index contributed by atoms with van der Waals surface area (Å²) in [5.74, 6) is 0.600. The zero-order valence-electron chi connectivity index (χ0n) is 12.2. The van der Waals surface area contributed by atoms with Crippen LogP contribution in [-0.2, 0) is 4.74 Å². The van der Waals surface area contributed by atoms with Crippen molar-refractivity contribution >= 4 is 17.5 Å². The van der Waals surface area contributed by atoms with Gasteiger partial charge in [-0.15, -0.1) is 0 Å². The molecule has 10 heteroatoms. The van der Waals surface area contributed by atoms with Gasteiger partial charge in [0.1, 0.15) is 11.5 Å². The number of ether oxygens (including phenoxy) is 1. The van der Waals surface area contributed by atoms with Gasteiger partial charge in [0.15, 0.2) is 5.82 Å². The summed E-state index contributed by atoms with van der Waals surface area (Å²) in [6.07, 6.45) is -1.49. The van der Waals surface area contributed by atoms with Gasteiger partial charge in [-0.3, -0.25) is 0 Å². The van der Waals surface area contributed by atoms with Crippen LogP contribution in [0.15, 0.2) is 6.20 Å². The molecule has 1 aliphatic rings. The molecule has 0 radical (unpaired) electrons. The molecular weight excluding hydrogens is 330 g/mol. The van der Waals surface area contributed by atoms with Gasteiger partial charge in [0.2, 0.25) is 11.2 Å². The first-order valence-electron chi connectivity index (χ1n) is 6.91. The van der Waals surface area contributed by atoms with Crippen molar-refractivity contribution in [2.24, 2.45) is 0 Å². The number of aryl methyl sites for hydroxylation is 1. The molecule has 0 N–H and O–H groups in total. The minimum absolute atomic E-state index is 0.0294. The van der Waals surface area contributed by atoms with E-state index in [-0.39, 0.29) is 22.5 Å². The number of rotatable bonds is 3. The van der Waals surface area contributed by atoms with E-state index in [0.29, 0.717) is 32.3 Å². The average Bonchev–Trinajstić information content (AvgIpc) is 2.55. The largest absolute Gasteiger partial charge is 0.378 e. The third-order valence-electron chi connectivity index (χ3n) is 3.28. The van der Waals surface area contributed by atoms with Gasteiger partial charge < -0.3 is 9.64 Å². The Kier molecular flexibility index (Phi) is 4.58. The van der Waals surface area contributed by atoms with E-state index >= 15 is 0 Å². The molecule has 3 rings (SSSR count). The molecular formula is C13H13ClF2N6O. The highest BCUT2D eigenvalue weighted by Crippen LogP contribution is 2.28. The second-order valence-corrected chi connectivity index (χ2v) is 5.18. The number of nitrogens with zero attached hydrogens (tertiary/aromatic N) is 6. The molecule has 2 aromatic heterocycles. The Hall–Kier alpha value is -2.00. The first kappa shape index (κ1) is 15.9. The first-order chi connectivity index (χ1) is 11.0. The molecule has 1 saturated heterocycles. The third-order valence-corrected chi connectivity index (χ3v) is 3.45. The lowest BCUT2D eigenvalue weighted by atomic mass is 10.2. The fourth-order valence-electron chi connectivity index (χ4n) is 2.19. The molecule has 0 spiro atoms. The van der Waals surface area contributed by atoms with Crippen LogP contribution in [0.5, 0.6) is 0 Å². The van der Waals surface area contributed by atoms with Crippen LogP contribution in [0, 0.1) is 6.92 Å². The molecule has 122 valence electrons. The first-order valence-corrected chi connectivity index (χ1v) is 7.28. The summed E-state index contributed by atoms with van der Waals surface area (Å²) in [5.41, 5.74) is -0.378. The van der Waals surface area contributed by atoms with Crippen molar-refractivity contribution in [1.82, 2.24) is 24.9 Å². The van der Waals surface area contributed by atoms with Gasteiger partial charge in [-0.1, -0.05) is 0 Å². The van der Waals surface area contributed by atoms with Gasteiger partial charge in [0.25, 0.3) is 6.43 Å². The molecule has 0 amide bonds. The van der Waals surface area contributed by atoms with Gasteiger partial charge >= 0.3 is 0 Å². The van der Waals surface area contributed by atoms with E-state index in [0.717, 1.165) is 0 Å². The number of hydrogen-bond acceptors (Lipinski definition) is 7. The van der Waals surface area contributed by atoms with Crippen LogP contribution >= 0.6 is 11.6 Å². The van der Waals surface area contributed by atoms with E-state index in [1.54, 1.807) is 0 Å². The molecule has 0 aromatic carbocycles. The van der Waals surface area contributed by atoms with E-state index in [4.69, 9.17) is 16.3 Å². The zero-order valence-corrected chi connectivity index (χ0v) is 13.0. The van der Waals surface area contributed by atoms with E-state index < -0.39 is 12.1 Å². The summed E-state index contributed by atoms with van der Waals surface area (Å²) in [7, 11) is 0. The minimum atomic E-state index is -2.77. The maximum atomic E-state index is 13.2.